The van der Waals surface area contributed by atoms with Crippen molar-refractivity contribution in [1.82, 2.24) is 9.55 Å². The highest BCUT2D eigenvalue weighted by Crippen LogP contribution is 2.30. The molecule has 0 aliphatic heterocycles. The van der Waals surface area contributed by atoms with E-state index in [1.807, 2.05) is 0 Å². The van der Waals surface area contributed by atoms with E-state index in [4.69, 9.17) is 10.7 Å². The maximum atomic E-state index is 5.67. The smallest absolute Gasteiger partial charge is 0.141 e. The Morgan fingerprint density at radius 1 is 1.14 bits per heavy atom. The van der Waals surface area contributed by atoms with Gasteiger partial charge < -0.3 is 10.3 Å². The van der Waals surface area contributed by atoms with E-state index in [-0.39, 0.29) is 0 Å². The van der Waals surface area contributed by atoms with Crippen LogP contribution in [0.15, 0.2) is 46.9 Å². The monoisotopic (exact) mass is 343 g/mol. The third-order valence-corrected chi connectivity index (χ3v) is 4.11. The van der Waals surface area contributed by atoms with Gasteiger partial charge in [-0.1, -0.05) is 40.2 Å². The summed E-state index contributed by atoms with van der Waals surface area (Å²) in [4.78, 5) is 4.82. The molecule has 21 heavy (non-hydrogen) atoms. The number of benzene rings is 2. The van der Waals surface area contributed by atoms with Crippen molar-refractivity contribution in [2.75, 3.05) is 0 Å². The normalized spacial score (nSPS) is 11.5. The van der Waals surface area contributed by atoms with E-state index >= 15 is 0 Å². The Labute approximate surface area is 132 Å². The van der Waals surface area contributed by atoms with Crippen molar-refractivity contribution in [1.29, 1.82) is 0 Å². The quantitative estimate of drug-likeness (QED) is 0.760. The number of aromatic nitrogens is 2. The molecule has 3 aromatic rings. The summed E-state index contributed by atoms with van der Waals surface area (Å²) < 4.78 is 3.33. The summed E-state index contributed by atoms with van der Waals surface area (Å²) in [5, 5.41) is 0. The molecule has 0 fully saturated rings. The Hall–Kier alpha value is -1.65. The molecular formula is C17H18BrN3. The molecule has 3 rings (SSSR count). The molecule has 2 aromatic carbocycles. The van der Waals surface area contributed by atoms with Crippen molar-refractivity contribution in [2.45, 2.75) is 26.4 Å². The van der Waals surface area contributed by atoms with Crippen molar-refractivity contribution in [2.24, 2.45) is 5.73 Å². The molecule has 0 atom stereocenters. The highest BCUT2D eigenvalue weighted by atomic mass is 79.9. The van der Waals surface area contributed by atoms with Crippen molar-refractivity contribution in [3.8, 4) is 11.4 Å². The molecule has 0 saturated carbocycles. The lowest BCUT2D eigenvalue weighted by Gasteiger charge is -2.13. The third kappa shape index (κ3) is 2.61. The van der Waals surface area contributed by atoms with Gasteiger partial charge in [0.2, 0.25) is 0 Å². The Morgan fingerprint density at radius 3 is 2.48 bits per heavy atom. The lowest BCUT2D eigenvalue weighted by Crippen LogP contribution is -2.03. The fourth-order valence-corrected chi connectivity index (χ4v) is 2.94. The van der Waals surface area contributed by atoms with Gasteiger partial charge in [0, 0.05) is 22.6 Å². The minimum Gasteiger partial charge on any atom is -0.326 e. The van der Waals surface area contributed by atoms with Crippen LogP contribution < -0.4 is 5.73 Å². The predicted molar refractivity (Wildman–Crippen MR) is 91.1 cm³/mol. The topological polar surface area (TPSA) is 43.8 Å². The Kier molecular flexibility index (Phi) is 3.83. The van der Waals surface area contributed by atoms with Crippen LogP contribution in [0, 0.1) is 0 Å². The summed E-state index contributed by atoms with van der Waals surface area (Å²) in [6.07, 6.45) is 0. The minimum atomic E-state index is 0.348. The molecule has 0 aliphatic rings. The molecule has 0 bridgehead atoms. The first-order valence-electron chi connectivity index (χ1n) is 7.07. The molecular weight excluding hydrogens is 326 g/mol. The van der Waals surface area contributed by atoms with Crippen LogP contribution in [-0.4, -0.2) is 9.55 Å². The van der Waals surface area contributed by atoms with Crippen LogP contribution >= 0.6 is 15.9 Å². The van der Waals surface area contributed by atoms with E-state index < -0.39 is 0 Å². The maximum Gasteiger partial charge on any atom is 0.141 e. The SMILES string of the molecule is CC(C)n1c(-c2ccc(CN)cc2)nc2cc(Br)ccc21. The van der Waals surface area contributed by atoms with E-state index in [9.17, 15) is 0 Å². The Morgan fingerprint density at radius 2 is 1.86 bits per heavy atom. The second-order valence-electron chi connectivity index (χ2n) is 5.43. The molecule has 3 nitrogen and oxygen atoms in total. The van der Waals surface area contributed by atoms with Crippen LogP contribution in [0.2, 0.25) is 0 Å². The molecule has 2 N–H and O–H groups in total. The minimum absolute atomic E-state index is 0.348. The Bertz CT molecular complexity index is 773. The number of hydrogen-bond donors (Lipinski definition) is 1. The average molecular weight is 344 g/mol. The van der Waals surface area contributed by atoms with Crippen molar-refractivity contribution < 1.29 is 0 Å². The third-order valence-electron chi connectivity index (χ3n) is 3.62. The van der Waals surface area contributed by atoms with E-state index in [0.717, 1.165) is 32.5 Å². The first kappa shape index (κ1) is 14.3. The summed E-state index contributed by atoms with van der Waals surface area (Å²) in [5.41, 5.74) is 10.1. The van der Waals surface area contributed by atoms with Gasteiger partial charge in [-0.2, -0.15) is 0 Å². The van der Waals surface area contributed by atoms with E-state index in [0.29, 0.717) is 12.6 Å². The highest BCUT2D eigenvalue weighted by Gasteiger charge is 2.15. The molecule has 4 heteroatoms. The molecule has 108 valence electrons. The van der Waals surface area contributed by atoms with Crippen LogP contribution in [0.4, 0.5) is 0 Å². The lowest BCUT2D eigenvalue weighted by atomic mass is 10.1. The van der Waals surface area contributed by atoms with Crippen LogP contribution in [0.3, 0.4) is 0 Å². The fraction of sp³-hybridized carbons (Fsp3) is 0.235. The standard InChI is InChI=1S/C17H18BrN3/c1-11(2)21-16-8-7-14(18)9-15(16)20-17(21)13-5-3-12(10-19)4-6-13/h3-9,11H,10,19H2,1-2H3. The molecule has 0 amide bonds. The zero-order chi connectivity index (χ0) is 15.0. The summed E-state index contributed by atoms with van der Waals surface area (Å²) in [6.45, 7) is 4.93. The van der Waals surface area contributed by atoms with Gasteiger partial charge in [0.1, 0.15) is 5.82 Å². The second kappa shape index (κ2) is 5.62. The number of hydrogen-bond acceptors (Lipinski definition) is 2. The number of rotatable bonds is 3. The van der Waals surface area contributed by atoms with Gasteiger partial charge in [-0.05, 0) is 37.6 Å². The summed E-state index contributed by atoms with van der Waals surface area (Å²) in [6, 6.07) is 14.9. The number of fused-ring (bicyclic) bond motifs is 1. The van der Waals surface area contributed by atoms with Gasteiger partial charge in [-0.15, -0.1) is 0 Å². The number of halogens is 1. The number of nitrogens with two attached hydrogens (primary N) is 1. The second-order valence-corrected chi connectivity index (χ2v) is 6.35. The van der Waals surface area contributed by atoms with Gasteiger partial charge in [-0.25, -0.2) is 4.98 Å². The van der Waals surface area contributed by atoms with E-state index in [2.05, 4.69) is 76.8 Å². The first-order chi connectivity index (χ1) is 10.1. The zero-order valence-electron chi connectivity index (χ0n) is 12.2. The van der Waals surface area contributed by atoms with Crippen LogP contribution in [0.1, 0.15) is 25.5 Å². The summed E-state index contributed by atoms with van der Waals surface area (Å²) >= 11 is 3.52. The molecule has 1 aromatic heterocycles. The van der Waals surface area contributed by atoms with E-state index in [1.54, 1.807) is 0 Å². The lowest BCUT2D eigenvalue weighted by molar-refractivity contribution is 0.624. The number of nitrogens with zero attached hydrogens (tertiary/aromatic N) is 2. The van der Waals surface area contributed by atoms with Gasteiger partial charge in [0.25, 0.3) is 0 Å². The highest BCUT2D eigenvalue weighted by molar-refractivity contribution is 9.10. The van der Waals surface area contributed by atoms with Gasteiger partial charge in [0.05, 0.1) is 11.0 Å². The number of imidazole rings is 1. The molecule has 1 heterocycles. The van der Waals surface area contributed by atoms with Gasteiger partial charge in [-0.3, -0.25) is 0 Å². The van der Waals surface area contributed by atoms with Crippen molar-refractivity contribution >= 4 is 27.0 Å². The molecule has 0 radical (unpaired) electrons. The fourth-order valence-electron chi connectivity index (χ4n) is 2.59. The molecule has 0 spiro atoms. The summed E-state index contributed by atoms with van der Waals surface area (Å²) in [5.74, 6) is 1.00. The van der Waals surface area contributed by atoms with Crippen LogP contribution in [0.5, 0.6) is 0 Å². The first-order valence-corrected chi connectivity index (χ1v) is 7.86. The molecule has 0 aliphatic carbocycles. The molecule has 0 saturated heterocycles. The van der Waals surface area contributed by atoms with Crippen LogP contribution in [0.25, 0.3) is 22.4 Å². The Balaban J connectivity index is 2.22. The van der Waals surface area contributed by atoms with Gasteiger partial charge >= 0.3 is 0 Å². The largest absolute Gasteiger partial charge is 0.326 e. The zero-order valence-corrected chi connectivity index (χ0v) is 13.8. The maximum absolute atomic E-state index is 5.67. The van der Waals surface area contributed by atoms with Crippen LogP contribution in [-0.2, 0) is 6.54 Å². The molecule has 0 unspecified atom stereocenters. The average Bonchev–Trinajstić information content (AvgIpc) is 2.85. The van der Waals surface area contributed by atoms with E-state index in [1.165, 1.54) is 0 Å². The predicted octanol–water partition coefficient (Wildman–Crippen LogP) is 4.51. The van der Waals surface area contributed by atoms with Gasteiger partial charge in [0.15, 0.2) is 0 Å². The summed E-state index contributed by atoms with van der Waals surface area (Å²) in [7, 11) is 0. The van der Waals surface area contributed by atoms with Crippen molar-refractivity contribution in [3.05, 3.63) is 52.5 Å². The van der Waals surface area contributed by atoms with Crippen molar-refractivity contribution in [3.63, 3.8) is 0 Å².